The van der Waals surface area contributed by atoms with E-state index in [1.165, 1.54) is 17.7 Å². The van der Waals surface area contributed by atoms with Gasteiger partial charge in [0, 0.05) is 11.6 Å². The van der Waals surface area contributed by atoms with Crippen molar-refractivity contribution in [2.45, 2.75) is 40.0 Å². The van der Waals surface area contributed by atoms with Crippen LogP contribution in [0, 0.1) is 0 Å². The van der Waals surface area contributed by atoms with Crippen molar-refractivity contribution in [1.29, 1.82) is 0 Å². The summed E-state index contributed by atoms with van der Waals surface area (Å²) < 4.78 is 5.71. The van der Waals surface area contributed by atoms with E-state index in [1.54, 1.807) is 0 Å². The highest BCUT2D eigenvalue weighted by molar-refractivity contribution is 5.98. The molecule has 0 atom stereocenters. The van der Waals surface area contributed by atoms with Crippen LogP contribution in [-0.2, 0) is 6.42 Å². The molecular formula is C23H24O6. The van der Waals surface area contributed by atoms with Crippen LogP contribution in [0.3, 0.4) is 0 Å². The average molecular weight is 396 g/mol. The highest BCUT2D eigenvalue weighted by Gasteiger charge is 2.20. The maximum Gasteiger partial charge on any atom is 0.204 e. The molecule has 0 spiro atoms. The van der Waals surface area contributed by atoms with Crippen molar-refractivity contribution in [1.82, 2.24) is 0 Å². The zero-order chi connectivity index (χ0) is 21.3. The highest BCUT2D eigenvalue weighted by atomic mass is 16.4. The first-order chi connectivity index (χ1) is 13.7. The van der Waals surface area contributed by atoms with Crippen LogP contribution in [0.2, 0.25) is 0 Å². The Morgan fingerprint density at radius 3 is 2.38 bits per heavy atom. The molecule has 0 radical (unpaired) electrons. The van der Waals surface area contributed by atoms with Gasteiger partial charge in [-0.1, -0.05) is 23.3 Å². The van der Waals surface area contributed by atoms with Gasteiger partial charge < -0.3 is 24.8 Å². The van der Waals surface area contributed by atoms with Crippen LogP contribution in [0.15, 0.2) is 50.7 Å². The van der Waals surface area contributed by atoms with E-state index in [2.05, 4.69) is 6.08 Å². The minimum absolute atomic E-state index is 0.0192. The SMILES string of the molecule is CC(C)=CCCC(C)=CCc1c(O)cc(O)c2c(=O)c3ccc(O)c(O)c3oc12. The Kier molecular flexibility index (Phi) is 5.55. The Labute approximate surface area is 167 Å². The normalized spacial score (nSPS) is 11.9. The molecule has 1 heterocycles. The summed E-state index contributed by atoms with van der Waals surface area (Å²) >= 11 is 0. The number of phenols is 4. The number of fused-ring (bicyclic) bond motifs is 2. The van der Waals surface area contributed by atoms with E-state index < -0.39 is 22.7 Å². The van der Waals surface area contributed by atoms with Crippen LogP contribution < -0.4 is 5.43 Å². The lowest BCUT2D eigenvalue weighted by molar-refractivity contribution is 0.401. The molecule has 3 aromatic rings. The van der Waals surface area contributed by atoms with Gasteiger partial charge in [0.05, 0.1) is 5.39 Å². The van der Waals surface area contributed by atoms with Crippen LogP contribution in [0.25, 0.3) is 21.9 Å². The van der Waals surface area contributed by atoms with E-state index in [-0.39, 0.29) is 34.1 Å². The smallest absolute Gasteiger partial charge is 0.204 e. The molecule has 0 saturated heterocycles. The van der Waals surface area contributed by atoms with Gasteiger partial charge in [0.25, 0.3) is 0 Å². The molecule has 1 aromatic heterocycles. The Balaban J connectivity index is 2.16. The van der Waals surface area contributed by atoms with E-state index in [0.29, 0.717) is 5.56 Å². The lowest BCUT2D eigenvalue weighted by Crippen LogP contribution is -2.04. The number of hydrogen-bond acceptors (Lipinski definition) is 6. The van der Waals surface area contributed by atoms with Crippen molar-refractivity contribution >= 4 is 21.9 Å². The predicted molar refractivity (Wildman–Crippen MR) is 113 cm³/mol. The van der Waals surface area contributed by atoms with Crippen LogP contribution in [0.4, 0.5) is 0 Å². The highest BCUT2D eigenvalue weighted by Crippen LogP contribution is 2.39. The van der Waals surface area contributed by atoms with Crippen LogP contribution in [0.1, 0.15) is 39.2 Å². The standard InChI is InChI=1S/C23H24O6/c1-12(2)5-4-6-13(3)7-8-14-17(25)11-18(26)19-20(27)15-9-10-16(24)21(28)23(15)29-22(14)19/h5,7,9-11,24-26,28H,4,6,8H2,1-3H3. The fourth-order valence-corrected chi connectivity index (χ4v) is 3.25. The minimum Gasteiger partial charge on any atom is -0.507 e. The molecule has 3 rings (SSSR count). The number of aromatic hydroxyl groups is 4. The number of hydrogen-bond donors (Lipinski definition) is 4. The molecule has 0 aliphatic heterocycles. The first kappa shape index (κ1) is 20.3. The van der Waals surface area contributed by atoms with Gasteiger partial charge in [0.2, 0.25) is 11.2 Å². The van der Waals surface area contributed by atoms with E-state index in [4.69, 9.17) is 4.42 Å². The van der Waals surface area contributed by atoms with Gasteiger partial charge in [0.1, 0.15) is 22.5 Å². The lowest BCUT2D eigenvalue weighted by atomic mass is 10.0. The van der Waals surface area contributed by atoms with Crippen molar-refractivity contribution < 1.29 is 24.8 Å². The molecular weight excluding hydrogens is 372 g/mol. The molecule has 0 aliphatic rings. The molecule has 4 N–H and O–H groups in total. The maximum atomic E-state index is 12.9. The molecule has 0 unspecified atom stereocenters. The zero-order valence-corrected chi connectivity index (χ0v) is 16.6. The molecule has 0 bridgehead atoms. The van der Waals surface area contributed by atoms with Crippen LogP contribution >= 0.6 is 0 Å². The Bertz CT molecular complexity index is 1210. The topological polar surface area (TPSA) is 111 Å². The largest absolute Gasteiger partial charge is 0.507 e. The van der Waals surface area contributed by atoms with Crippen molar-refractivity contribution in [3.63, 3.8) is 0 Å². The predicted octanol–water partition coefficient (Wildman–Crippen LogP) is 5.00. The summed E-state index contributed by atoms with van der Waals surface area (Å²) in [6, 6.07) is 3.61. The summed E-state index contributed by atoms with van der Waals surface area (Å²) in [5, 5.41) is 40.4. The van der Waals surface area contributed by atoms with Gasteiger partial charge in [-0.2, -0.15) is 0 Å². The summed E-state index contributed by atoms with van der Waals surface area (Å²) in [6.07, 6.45) is 6.10. The van der Waals surface area contributed by atoms with E-state index in [9.17, 15) is 25.2 Å². The van der Waals surface area contributed by atoms with Crippen molar-refractivity contribution in [2.75, 3.05) is 0 Å². The van der Waals surface area contributed by atoms with Crippen molar-refractivity contribution in [2.24, 2.45) is 0 Å². The Hall–Kier alpha value is -3.41. The second kappa shape index (κ2) is 7.91. The Morgan fingerprint density at radius 2 is 1.69 bits per heavy atom. The number of phenolic OH excluding ortho intramolecular Hbond substituents is 4. The fourth-order valence-electron chi connectivity index (χ4n) is 3.25. The molecule has 2 aromatic carbocycles. The van der Waals surface area contributed by atoms with Gasteiger partial charge in [0.15, 0.2) is 11.3 Å². The van der Waals surface area contributed by atoms with Crippen molar-refractivity contribution in [3.8, 4) is 23.0 Å². The third kappa shape index (κ3) is 3.92. The number of rotatable bonds is 5. The molecule has 152 valence electrons. The van der Waals surface area contributed by atoms with Gasteiger partial charge in [-0.3, -0.25) is 4.79 Å². The lowest BCUT2D eigenvalue weighted by Gasteiger charge is -2.11. The molecule has 29 heavy (non-hydrogen) atoms. The van der Waals surface area contributed by atoms with Gasteiger partial charge in [-0.25, -0.2) is 0 Å². The molecule has 0 amide bonds. The zero-order valence-electron chi connectivity index (χ0n) is 16.6. The third-order valence-corrected chi connectivity index (χ3v) is 4.87. The van der Waals surface area contributed by atoms with Gasteiger partial charge >= 0.3 is 0 Å². The van der Waals surface area contributed by atoms with Crippen molar-refractivity contribution in [3.05, 3.63) is 57.3 Å². The first-order valence-corrected chi connectivity index (χ1v) is 9.35. The van der Waals surface area contributed by atoms with E-state index >= 15 is 0 Å². The maximum absolute atomic E-state index is 12.9. The van der Waals surface area contributed by atoms with E-state index in [0.717, 1.165) is 24.5 Å². The third-order valence-electron chi connectivity index (χ3n) is 4.87. The number of allylic oxidation sites excluding steroid dienone is 4. The molecule has 6 heteroatoms. The summed E-state index contributed by atoms with van der Waals surface area (Å²) in [4.78, 5) is 12.9. The summed E-state index contributed by atoms with van der Waals surface area (Å²) in [6.45, 7) is 6.06. The molecule has 0 fully saturated rings. The molecule has 6 nitrogen and oxygen atoms in total. The van der Waals surface area contributed by atoms with E-state index in [1.807, 2.05) is 26.8 Å². The monoisotopic (exact) mass is 396 g/mol. The summed E-state index contributed by atoms with van der Waals surface area (Å²) in [5.41, 5.74) is 1.90. The summed E-state index contributed by atoms with van der Waals surface area (Å²) in [5.74, 6) is -1.62. The average Bonchev–Trinajstić information content (AvgIpc) is 2.64. The Morgan fingerprint density at radius 1 is 0.966 bits per heavy atom. The van der Waals surface area contributed by atoms with Crippen LogP contribution in [-0.4, -0.2) is 20.4 Å². The summed E-state index contributed by atoms with van der Waals surface area (Å²) in [7, 11) is 0. The second-order valence-electron chi connectivity index (χ2n) is 7.41. The van der Waals surface area contributed by atoms with Gasteiger partial charge in [-0.15, -0.1) is 0 Å². The number of benzene rings is 2. The second-order valence-corrected chi connectivity index (χ2v) is 7.41. The fraction of sp³-hybridized carbons (Fsp3) is 0.261. The van der Waals surface area contributed by atoms with Gasteiger partial charge in [-0.05, 0) is 52.2 Å². The molecule has 0 aliphatic carbocycles. The molecule has 0 saturated carbocycles. The van der Waals surface area contributed by atoms with Crippen LogP contribution in [0.5, 0.6) is 23.0 Å². The quantitative estimate of drug-likeness (QED) is 0.274. The first-order valence-electron chi connectivity index (χ1n) is 9.35. The minimum atomic E-state index is -0.566.